The van der Waals surface area contributed by atoms with E-state index in [1.807, 2.05) is 24.6 Å². The molecule has 12 heteroatoms. The van der Waals surface area contributed by atoms with E-state index in [1.165, 1.54) is 6.20 Å². The molecule has 0 radical (unpaired) electrons. The fourth-order valence-corrected chi connectivity index (χ4v) is 5.17. The number of aliphatic imine (C=N–C) groups is 1. The van der Waals surface area contributed by atoms with Gasteiger partial charge in [-0.25, -0.2) is 23.1 Å². The Morgan fingerprint density at radius 3 is 2.66 bits per heavy atom. The van der Waals surface area contributed by atoms with Gasteiger partial charge < -0.3 is 9.55 Å². The molecule has 1 fully saturated rings. The van der Waals surface area contributed by atoms with Crippen LogP contribution in [0.2, 0.25) is 0 Å². The summed E-state index contributed by atoms with van der Waals surface area (Å²) in [4.78, 5) is 31.7. The van der Waals surface area contributed by atoms with Crippen molar-refractivity contribution < 1.29 is 13.2 Å². The first-order chi connectivity index (χ1) is 19.7. The van der Waals surface area contributed by atoms with E-state index in [0.717, 1.165) is 11.4 Å². The van der Waals surface area contributed by atoms with E-state index in [9.17, 15) is 8.78 Å². The van der Waals surface area contributed by atoms with Gasteiger partial charge >= 0.3 is 0 Å². The van der Waals surface area contributed by atoms with Gasteiger partial charge in [0.2, 0.25) is 0 Å². The average Bonchev–Trinajstić information content (AvgIpc) is 3.66. The standard InChI is InChI=1S/C29H28F3N9/c1-4-35-27(28-38-21-11-34-12-22(26(21)39-28)41-13-18(3)37-16-41)23-17(2)8-36-25(24(23)30)20-7-19(9-33-10-20)14-40-6-5-29(31,32)15-40/h7-13,16H,4-6,14-15H2,1-3H3,(H,38,39). The van der Waals surface area contributed by atoms with Gasteiger partial charge in [0.1, 0.15) is 16.9 Å². The SMILES string of the molecule is CCN=C(c1nc2c(-n3cnc(C)c3)cncc2[nH]1)c1c(C)cnc(-c2cncc(CN3CCC(F)(F)C3)c2)c1F. The molecule has 9 nitrogen and oxygen atoms in total. The lowest BCUT2D eigenvalue weighted by molar-refractivity contribution is 0.0115. The summed E-state index contributed by atoms with van der Waals surface area (Å²) in [5, 5.41) is 0. The molecule has 41 heavy (non-hydrogen) atoms. The van der Waals surface area contributed by atoms with Gasteiger partial charge in [-0.15, -0.1) is 0 Å². The van der Waals surface area contributed by atoms with E-state index in [0.29, 0.717) is 58.9 Å². The second-order valence-corrected chi connectivity index (χ2v) is 10.3. The summed E-state index contributed by atoms with van der Waals surface area (Å²) < 4.78 is 45.6. The van der Waals surface area contributed by atoms with Crippen molar-refractivity contribution in [1.29, 1.82) is 0 Å². The molecule has 6 heterocycles. The van der Waals surface area contributed by atoms with Crippen LogP contribution in [0.3, 0.4) is 0 Å². The van der Waals surface area contributed by atoms with Crippen LogP contribution >= 0.6 is 0 Å². The molecule has 0 amide bonds. The van der Waals surface area contributed by atoms with Gasteiger partial charge in [0.15, 0.2) is 11.6 Å². The molecule has 0 unspecified atom stereocenters. The lowest BCUT2D eigenvalue weighted by atomic mass is 10.0. The monoisotopic (exact) mass is 559 g/mol. The van der Waals surface area contributed by atoms with Gasteiger partial charge in [0.25, 0.3) is 5.92 Å². The van der Waals surface area contributed by atoms with Crippen molar-refractivity contribution in [3.05, 3.63) is 83.6 Å². The van der Waals surface area contributed by atoms with Crippen LogP contribution in [0.1, 0.15) is 41.6 Å². The van der Waals surface area contributed by atoms with Gasteiger partial charge in [-0.05, 0) is 38.0 Å². The number of rotatable bonds is 7. The van der Waals surface area contributed by atoms with E-state index in [1.54, 1.807) is 49.0 Å². The smallest absolute Gasteiger partial charge is 0.261 e. The maximum Gasteiger partial charge on any atom is 0.261 e. The summed E-state index contributed by atoms with van der Waals surface area (Å²) in [5.74, 6) is -2.85. The number of hydrogen-bond donors (Lipinski definition) is 1. The Bertz CT molecular complexity index is 1770. The number of hydrogen-bond acceptors (Lipinski definition) is 7. The summed E-state index contributed by atoms with van der Waals surface area (Å²) in [7, 11) is 0. The molecule has 0 bridgehead atoms. The quantitative estimate of drug-likeness (QED) is 0.280. The van der Waals surface area contributed by atoms with E-state index >= 15 is 4.39 Å². The highest BCUT2D eigenvalue weighted by Gasteiger charge is 2.38. The zero-order chi connectivity index (χ0) is 28.7. The Morgan fingerprint density at radius 2 is 1.93 bits per heavy atom. The van der Waals surface area contributed by atoms with Crippen molar-refractivity contribution >= 4 is 16.7 Å². The molecule has 0 spiro atoms. The molecule has 0 aliphatic carbocycles. The van der Waals surface area contributed by atoms with E-state index < -0.39 is 11.7 Å². The highest BCUT2D eigenvalue weighted by molar-refractivity contribution is 6.13. The van der Waals surface area contributed by atoms with Crippen molar-refractivity contribution in [1.82, 2.24) is 39.4 Å². The van der Waals surface area contributed by atoms with Crippen LogP contribution < -0.4 is 0 Å². The number of imidazole rings is 2. The van der Waals surface area contributed by atoms with Crippen molar-refractivity contribution in [2.75, 3.05) is 19.6 Å². The number of nitrogens with zero attached hydrogens (tertiary/aromatic N) is 8. The third-order valence-corrected chi connectivity index (χ3v) is 7.07. The Balaban J connectivity index is 1.39. The number of halogens is 3. The number of aromatic amines is 1. The molecule has 1 aliphatic heterocycles. The lowest BCUT2D eigenvalue weighted by Crippen LogP contribution is -2.24. The Kier molecular flexibility index (Phi) is 6.86. The third kappa shape index (κ3) is 5.22. The van der Waals surface area contributed by atoms with Crippen LogP contribution in [0.25, 0.3) is 28.0 Å². The van der Waals surface area contributed by atoms with Crippen LogP contribution in [0.15, 0.2) is 54.6 Å². The second kappa shape index (κ2) is 10.5. The highest BCUT2D eigenvalue weighted by atomic mass is 19.3. The molecule has 0 aromatic carbocycles. The summed E-state index contributed by atoms with van der Waals surface area (Å²) in [5.41, 5.74) is 5.38. The molecule has 1 saturated heterocycles. The molecule has 1 aliphatic rings. The van der Waals surface area contributed by atoms with E-state index in [4.69, 9.17) is 4.98 Å². The first-order valence-electron chi connectivity index (χ1n) is 13.3. The van der Waals surface area contributed by atoms with E-state index in [2.05, 4.69) is 29.9 Å². The van der Waals surface area contributed by atoms with Gasteiger partial charge in [-0.2, -0.15) is 0 Å². The number of pyridine rings is 3. The zero-order valence-corrected chi connectivity index (χ0v) is 22.9. The minimum atomic E-state index is -2.69. The number of nitrogens with one attached hydrogen (secondary N) is 1. The second-order valence-electron chi connectivity index (χ2n) is 10.3. The lowest BCUT2D eigenvalue weighted by Gasteiger charge is -2.16. The summed E-state index contributed by atoms with van der Waals surface area (Å²) >= 11 is 0. The van der Waals surface area contributed by atoms with Crippen LogP contribution in [0, 0.1) is 19.7 Å². The minimum absolute atomic E-state index is 0.0999. The first-order valence-corrected chi connectivity index (χ1v) is 13.3. The highest BCUT2D eigenvalue weighted by Crippen LogP contribution is 2.30. The molecule has 1 N–H and O–H groups in total. The number of aryl methyl sites for hydroxylation is 2. The van der Waals surface area contributed by atoms with Crippen molar-refractivity contribution in [2.24, 2.45) is 4.99 Å². The van der Waals surface area contributed by atoms with Crippen LogP contribution in [0.5, 0.6) is 0 Å². The fourth-order valence-electron chi connectivity index (χ4n) is 5.17. The Hall–Kier alpha value is -4.45. The minimum Gasteiger partial charge on any atom is -0.335 e. The number of alkyl halides is 2. The van der Waals surface area contributed by atoms with Gasteiger partial charge in [0.05, 0.1) is 42.2 Å². The molecule has 5 aromatic rings. The predicted molar refractivity (Wildman–Crippen MR) is 149 cm³/mol. The Labute approximate surface area is 234 Å². The number of fused-ring (bicyclic) bond motifs is 1. The first kappa shape index (κ1) is 26.8. The van der Waals surface area contributed by atoms with Crippen molar-refractivity contribution in [3.63, 3.8) is 0 Å². The van der Waals surface area contributed by atoms with Crippen molar-refractivity contribution in [3.8, 4) is 16.9 Å². The summed E-state index contributed by atoms with van der Waals surface area (Å²) in [6.07, 6.45) is 11.5. The van der Waals surface area contributed by atoms with Gasteiger partial charge in [0, 0.05) is 62.0 Å². The number of aromatic nitrogens is 7. The van der Waals surface area contributed by atoms with Gasteiger partial charge in [-0.1, -0.05) is 0 Å². The molecule has 5 aromatic heterocycles. The molecular weight excluding hydrogens is 531 g/mol. The Morgan fingerprint density at radius 1 is 1.10 bits per heavy atom. The van der Waals surface area contributed by atoms with E-state index in [-0.39, 0.29) is 24.2 Å². The van der Waals surface area contributed by atoms with Crippen LogP contribution in [0.4, 0.5) is 13.2 Å². The topological polar surface area (TPSA) is 101 Å². The van der Waals surface area contributed by atoms with Gasteiger partial charge in [-0.3, -0.25) is 24.8 Å². The maximum atomic E-state index is 16.4. The fraction of sp³-hybridized carbons (Fsp3) is 0.310. The molecule has 210 valence electrons. The molecule has 6 rings (SSSR count). The normalized spacial score (nSPS) is 15.7. The average molecular weight is 560 g/mol. The van der Waals surface area contributed by atoms with Crippen LogP contribution in [-0.4, -0.2) is 70.6 Å². The third-order valence-electron chi connectivity index (χ3n) is 7.07. The molecular formula is C29H28F3N9. The molecule has 0 saturated carbocycles. The summed E-state index contributed by atoms with van der Waals surface area (Å²) in [6.45, 7) is 6.22. The zero-order valence-electron chi connectivity index (χ0n) is 22.9. The summed E-state index contributed by atoms with van der Waals surface area (Å²) in [6, 6.07) is 1.75. The van der Waals surface area contributed by atoms with Crippen LogP contribution in [-0.2, 0) is 6.54 Å². The molecule has 0 atom stereocenters. The maximum absolute atomic E-state index is 16.4. The number of H-pyrrole nitrogens is 1. The van der Waals surface area contributed by atoms with Crippen molar-refractivity contribution in [2.45, 2.75) is 39.7 Å². The predicted octanol–water partition coefficient (Wildman–Crippen LogP) is 5.05. The largest absolute Gasteiger partial charge is 0.335 e. The number of likely N-dealkylation sites (tertiary alicyclic amines) is 1.